The van der Waals surface area contributed by atoms with Crippen LogP contribution in [0.4, 0.5) is 0 Å². The Balaban J connectivity index is 1.52. The average Bonchev–Trinajstić information content (AvgIpc) is 3.22. The van der Waals surface area contributed by atoms with Gasteiger partial charge in [0.15, 0.2) is 0 Å². The summed E-state index contributed by atoms with van der Waals surface area (Å²) < 4.78 is 7.23. The van der Waals surface area contributed by atoms with Crippen LogP contribution in [0.5, 0.6) is 5.88 Å². The first kappa shape index (κ1) is 16.1. The van der Waals surface area contributed by atoms with Crippen molar-refractivity contribution in [3.05, 3.63) is 18.1 Å². The van der Waals surface area contributed by atoms with Crippen LogP contribution in [-0.2, 0) is 11.8 Å². The highest BCUT2D eigenvalue weighted by atomic mass is 32.2. The zero-order valence-electron chi connectivity index (χ0n) is 12.9. The van der Waals surface area contributed by atoms with Crippen molar-refractivity contribution in [1.82, 2.24) is 35.1 Å². The fourth-order valence-electron chi connectivity index (χ4n) is 2.26. The number of aromatic nitrogens is 6. The van der Waals surface area contributed by atoms with Gasteiger partial charge >= 0.3 is 0 Å². The molecule has 3 heterocycles. The second kappa shape index (κ2) is 7.22. The quantitative estimate of drug-likeness (QED) is 0.668. The first-order chi connectivity index (χ1) is 11.7. The number of nitrogens with zero attached hydrogens (tertiary/aromatic N) is 8. The molecule has 0 aromatic carbocycles. The molecule has 3 rings (SSSR count). The summed E-state index contributed by atoms with van der Waals surface area (Å²) in [5, 5.41) is 20.7. The maximum Gasteiger partial charge on any atom is 0.251 e. The third-order valence-corrected chi connectivity index (χ3v) is 4.45. The van der Waals surface area contributed by atoms with Crippen molar-refractivity contribution in [2.75, 3.05) is 18.8 Å². The van der Waals surface area contributed by atoms with Gasteiger partial charge < -0.3 is 9.64 Å². The normalized spacial score (nSPS) is 16.8. The lowest BCUT2D eigenvalue weighted by molar-refractivity contribution is -0.127. The van der Waals surface area contributed by atoms with E-state index in [4.69, 9.17) is 10.00 Å². The summed E-state index contributed by atoms with van der Waals surface area (Å²) in [6.45, 7) is 1.06. The van der Waals surface area contributed by atoms with Gasteiger partial charge in [0, 0.05) is 32.4 Å². The summed E-state index contributed by atoms with van der Waals surface area (Å²) in [6.07, 6.45) is 3.40. The second-order valence-corrected chi connectivity index (χ2v) is 6.01. The molecular formula is C13H14N8O2S. The average molecular weight is 346 g/mol. The molecule has 11 heteroatoms. The van der Waals surface area contributed by atoms with Gasteiger partial charge in [-0.3, -0.25) is 4.79 Å². The molecule has 0 aliphatic carbocycles. The molecule has 2 aromatic rings. The lowest BCUT2D eigenvalue weighted by Gasteiger charge is -2.16. The van der Waals surface area contributed by atoms with Crippen LogP contribution in [0.3, 0.4) is 0 Å². The maximum absolute atomic E-state index is 12.3. The maximum atomic E-state index is 12.3. The van der Waals surface area contributed by atoms with Crippen LogP contribution >= 0.6 is 11.8 Å². The molecule has 1 fully saturated rings. The fourth-order valence-corrected chi connectivity index (χ4v) is 3.01. The van der Waals surface area contributed by atoms with Crippen LogP contribution in [0.15, 0.2) is 17.6 Å². The Labute approximate surface area is 141 Å². The van der Waals surface area contributed by atoms with Crippen LogP contribution in [0, 0.1) is 11.3 Å². The molecule has 1 amide bonds. The zero-order chi connectivity index (χ0) is 16.9. The molecule has 0 radical (unpaired) electrons. The van der Waals surface area contributed by atoms with Crippen molar-refractivity contribution in [2.24, 2.45) is 7.05 Å². The van der Waals surface area contributed by atoms with Gasteiger partial charge in [-0.2, -0.15) is 5.26 Å². The molecule has 10 nitrogen and oxygen atoms in total. The van der Waals surface area contributed by atoms with Gasteiger partial charge in [-0.1, -0.05) is 11.8 Å². The van der Waals surface area contributed by atoms with Gasteiger partial charge in [0.25, 0.3) is 5.88 Å². The van der Waals surface area contributed by atoms with Crippen LogP contribution in [0.25, 0.3) is 0 Å². The Bertz CT molecular complexity index is 773. The molecule has 24 heavy (non-hydrogen) atoms. The lowest BCUT2D eigenvalue weighted by Crippen LogP contribution is -2.32. The summed E-state index contributed by atoms with van der Waals surface area (Å²) in [5.41, 5.74) is 0.146. The van der Waals surface area contributed by atoms with E-state index in [2.05, 4.69) is 25.5 Å². The molecule has 1 aliphatic heterocycles. The van der Waals surface area contributed by atoms with Crippen molar-refractivity contribution in [2.45, 2.75) is 17.7 Å². The smallest absolute Gasteiger partial charge is 0.251 e. The Morgan fingerprint density at radius 1 is 1.50 bits per heavy atom. The van der Waals surface area contributed by atoms with Crippen molar-refractivity contribution < 1.29 is 9.53 Å². The van der Waals surface area contributed by atoms with Crippen LogP contribution in [0.1, 0.15) is 12.1 Å². The van der Waals surface area contributed by atoms with Crippen LogP contribution < -0.4 is 4.74 Å². The molecule has 1 atom stereocenters. The molecule has 1 unspecified atom stereocenters. The molecule has 0 N–H and O–H groups in total. The minimum absolute atomic E-state index is 0.00578. The third kappa shape index (κ3) is 3.60. The monoisotopic (exact) mass is 346 g/mol. The Hall–Kier alpha value is -2.74. The number of aryl methyl sites for hydroxylation is 1. The molecule has 0 spiro atoms. The Morgan fingerprint density at radius 3 is 3.08 bits per heavy atom. The van der Waals surface area contributed by atoms with Gasteiger partial charge in [0.05, 0.1) is 12.3 Å². The van der Waals surface area contributed by atoms with E-state index in [0.717, 1.165) is 0 Å². The number of thioether (sulfide) groups is 1. The Kier molecular flexibility index (Phi) is 4.85. The fraction of sp³-hybridized carbons (Fsp3) is 0.462. The number of nitriles is 1. The van der Waals surface area contributed by atoms with E-state index in [1.807, 2.05) is 6.07 Å². The van der Waals surface area contributed by atoms with Gasteiger partial charge in [-0.25, -0.2) is 14.6 Å². The number of tetrazole rings is 1. The molecule has 124 valence electrons. The van der Waals surface area contributed by atoms with E-state index in [1.54, 1.807) is 11.9 Å². The largest absolute Gasteiger partial charge is 0.470 e. The number of likely N-dealkylation sites (tertiary alicyclic amines) is 1. The minimum atomic E-state index is -0.195. The van der Waals surface area contributed by atoms with Crippen LogP contribution in [-0.4, -0.2) is 65.9 Å². The van der Waals surface area contributed by atoms with Crippen molar-refractivity contribution in [3.8, 4) is 11.9 Å². The number of hydrogen-bond acceptors (Lipinski definition) is 9. The highest BCUT2D eigenvalue weighted by molar-refractivity contribution is 7.99. The van der Waals surface area contributed by atoms with E-state index in [0.29, 0.717) is 24.7 Å². The number of rotatable bonds is 5. The summed E-state index contributed by atoms with van der Waals surface area (Å²) in [6, 6.07) is 1.94. The van der Waals surface area contributed by atoms with Gasteiger partial charge in [-0.05, 0) is 10.4 Å². The molecule has 2 aromatic heterocycles. The van der Waals surface area contributed by atoms with Gasteiger partial charge in [0.1, 0.15) is 12.2 Å². The highest BCUT2D eigenvalue weighted by Crippen LogP contribution is 2.20. The number of amides is 1. The molecule has 1 aliphatic rings. The minimum Gasteiger partial charge on any atom is -0.470 e. The van der Waals surface area contributed by atoms with E-state index >= 15 is 0 Å². The van der Waals surface area contributed by atoms with Crippen molar-refractivity contribution in [3.63, 3.8) is 0 Å². The predicted molar refractivity (Wildman–Crippen MR) is 81.9 cm³/mol. The number of ether oxygens (including phenoxy) is 1. The topological polar surface area (TPSA) is 123 Å². The SMILES string of the molecule is Cn1nnnc1SCC(=O)N1CCC(Oc2nccnc2C#N)C1. The van der Waals surface area contributed by atoms with E-state index < -0.39 is 0 Å². The van der Waals surface area contributed by atoms with Crippen molar-refractivity contribution >= 4 is 17.7 Å². The summed E-state index contributed by atoms with van der Waals surface area (Å²) in [4.78, 5) is 21.9. The first-order valence-electron chi connectivity index (χ1n) is 7.18. The third-order valence-electron chi connectivity index (χ3n) is 3.45. The van der Waals surface area contributed by atoms with E-state index in [1.165, 1.54) is 28.8 Å². The standard InChI is InChI=1S/C13H14N8O2S/c1-20-13(17-18-19-20)24-8-11(22)21-5-2-9(7-21)23-12-10(6-14)15-3-4-16-12/h3-4,9H,2,5,7-8H2,1H3. The summed E-state index contributed by atoms with van der Waals surface area (Å²) in [7, 11) is 1.72. The highest BCUT2D eigenvalue weighted by Gasteiger charge is 2.28. The van der Waals surface area contributed by atoms with Crippen LogP contribution in [0.2, 0.25) is 0 Å². The summed E-state index contributed by atoms with van der Waals surface area (Å²) in [5.74, 6) is 0.461. The molecule has 0 saturated carbocycles. The summed E-state index contributed by atoms with van der Waals surface area (Å²) >= 11 is 1.29. The van der Waals surface area contributed by atoms with E-state index in [9.17, 15) is 4.79 Å². The van der Waals surface area contributed by atoms with Gasteiger partial charge in [0.2, 0.25) is 16.8 Å². The number of carbonyl (C=O) groups is 1. The van der Waals surface area contributed by atoms with E-state index in [-0.39, 0.29) is 29.3 Å². The number of hydrogen-bond donors (Lipinski definition) is 0. The zero-order valence-corrected chi connectivity index (χ0v) is 13.7. The second-order valence-electron chi connectivity index (χ2n) is 5.06. The first-order valence-corrected chi connectivity index (χ1v) is 8.16. The molecular weight excluding hydrogens is 332 g/mol. The van der Waals surface area contributed by atoms with Crippen molar-refractivity contribution in [1.29, 1.82) is 5.26 Å². The predicted octanol–water partition coefficient (Wildman–Crippen LogP) is -0.356. The van der Waals surface area contributed by atoms with Gasteiger partial charge in [-0.15, -0.1) is 5.10 Å². The molecule has 1 saturated heterocycles. The number of carbonyl (C=O) groups excluding carboxylic acids is 1. The lowest BCUT2D eigenvalue weighted by atomic mass is 10.3. The molecule has 0 bridgehead atoms. The Morgan fingerprint density at radius 2 is 2.33 bits per heavy atom.